The van der Waals surface area contributed by atoms with Crippen LogP contribution in [0.15, 0.2) is 6.07 Å². The van der Waals surface area contributed by atoms with Crippen LogP contribution in [0.25, 0.3) is 0 Å². The Kier molecular flexibility index (Phi) is 6.98. The monoisotopic (exact) mass is 312 g/mol. The first-order valence-corrected chi connectivity index (χ1v) is 8.09. The highest BCUT2D eigenvalue weighted by atomic mass is 35.5. The van der Waals surface area contributed by atoms with Gasteiger partial charge in [-0.25, -0.2) is 0 Å². The van der Waals surface area contributed by atoms with Crippen molar-refractivity contribution in [2.75, 3.05) is 19.7 Å². The molecule has 0 aliphatic carbocycles. The first-order valence-electron chi connectivity index (χ1n) is 7.71. The summed E-state index contributed by atoms with van der Waals surface area (Å²) in [7, 11) is 0. The number of benzene rings is 1. The molecule has 0 fully saturated rings. The minimum atomic E-state index is 0.293. The van der Waals surface area contributed by atoms with Crippen molar-refractivity contribution in [1.29, 1.82) is 0 Å². The Balaban J connectivity index is 3.29. The molecule has 1 aromatic carbocycles. The van der Waals surface area contributed by atoms with Gasteiger partial charge in [-0.3, -0.25) is 0 Å². The van der Waals surface area contributed by atoms with Crippen molar-refractivity contribution in [2.45, 2.75) is 40.5 Å². The van der Waals surface area contributed by atoms with E-state index in [4.69, 9.17) is 27.8 Å². The molecule has 120 valence electrons. The van der Waals surface area contributed by atoms with Crippen LogP contribution in [0.3, 0.4) is 0 Å². The largest absolute Gasteiger partial charge is 0.494 e. The van der Waals surface area contributed by atoms with Crippen molar-refractivity contribution in [3.63, 3.8) is 0 Å². The van der Waals surface area contributed by atoms with Crippen LogP contribution in [0.1, 0.15) is 43.4 Å². The molecule has 0 amide bonds. The van der Waals surface area contributed by atoms with Crippen LogP contribution in [-0.2, 0) is 0 Å². The van der Waals surface area contributed by atoms with Crippen LogP contribution in [0.2, 0.25) is 5.02 Å². The van der Waals surface area contributed by atoms with Crippen molar-refractivity contribution < 1.29 is 4.74 Å². The second kappa shape index (κ2) is 8.02. The van der Waals surface area contributed by atoms with Gasteiger partial charge in [0, 0.05) is 10.6 Å². The van der Waals surface area contributed by atoms with Crippen LogP contribution in [0.5, 0.6) is 5.75 Å². The molecule has 4 N–H and O–H groups in total. The lowest BCUT2D eigenvalue weighted by Crippen LogP contribution is -2.32. The summed E-state index contributed by atoms with van der Waals surface area (Å²) in [6.07, 6.45) is 0. The van der Waals surface area contributed by atoms with Crippen molar-refractivity contribution in [1.82, 2.24) is 0 Å². The van der Waals surface area contributed by atoms with Gasteiger partial charge >= 0.3 is 0 Å². The van der Waals surface area contributed by atoms with Crippen molar-refractivity contribution in [3.8, 4) is 5.75 Å². The van der Waals surface area contributed by atoms with E-state index in [9.17, 15) is 0 Å². The maximum Gasteiger partial charge on any atom is 0.123 e. The second-order valence-electron chi connectivity index (χ2n) is 5.86. The number of aryl methyl sites for hydroxylation is 1. The summed E-state index contributed by atoms with van der Waals surface area (Å²) >= 11 is 6.45. The summed E-state index contributed by atoms with van der Waals surface area (Å²) in [5, 5.41) is 0.824. The van der Waals surface area contributed by atoms with Crippen LogP contribution < -0.4 is 16.2 Å². The normalized spacial score (nSPS) is 14.3. The number of ether oxygens (including phenoxy) is 1. The average molecular weight is 313 g/mol. The molecule has 1 aromatic rings. The molecule has 3 nitrogen and oxygen atoms in total. The van der Waals surface area contributed by atoms with Crippen LogP contribution in [0.4, 0.5) is 0 Å². The van der Waals surface area contributed by atoms with E-state index in [1.807, 2.05) is 19.9 Å². The Morgan fingerprint density at radius 3 is 2.24 bits per heavy atom. The zero-order chi connectivity index (χ0) is 16.2. The van der Waals surface area contributed by atoms with Gasteiger partial charge in [-0.15, -0.1) is 0 Å². The minimum absolute atomic E-state index is 0.293. The lowest BCUT2D eigenvalue weighted by atomic mass is 9.78. The maximum absolute atomic E-state index is 6.45. The van der Waals surface area contributed by atoms with Gasteiger partial charge in [0.05, 0.1) is 6.61 Å². The lowest BCUT2D eigenvalue weighted by molar-refractivity contribution is 0.304. The summed E-state index contributed by atoms with van der Waals surface area (Å²) in [5.74, 6) is 1.90. The van der Waals surface area contributed by atoms with Gasteiger partial charge in [-0.1, -0.05) is 25.4 Å². The van der Waals surface area contributed by atoms with E-state index in [0.717, 1.165) is 21.9 Å². The topological polar surface area (TPSA) is 61.3 Å². The zero-order valence-corrected chi connectivity index (χ0v) is 14.6. The molecule has 0 heterocycles. The average Bonchev–Trinajstić information content (AvgIpc) is 2.46. The summed E-state index contributed by atoms with van der Waals surface area (Å²) in [6.45, 7) is 12.3. The summed E-state index contributed by atoms with van der Waals surface area (Å²) in [4.78, 5) is 0. The van der Waals surface area contributed by atoms with E-state index in [-0.39, 0.29) is 0 Å². The molecule has 2 unspecified atom stereocenters. The molecule has 21 heavy (non-hydrogen) atoms. The molecule has 1 rings (SSSR count). The molecule has 4 heteroatoms. The summed E-state index contributed by atoms with van der Waals surface area (Å²) in [6, 6.07) is 2.04. The van der Waals surface area contributed by atoms with Crippen LogP contribution in [-0.4, -0.2) is 19.7 Å². The van der Waals surface area contributed by atoms with Crippen molar-refractivity contribution in [2.24, 2.45) is 23.3 Å². The van der Waals surface area contributed by atoms with Gasteiger partial charge in [0.1, 0.15) is 5.75 Å². The predicted molar refractivity (Wildman–Crippen MR) is 91.3 cm³/mol. The van der Waals surface area contributed by atoms with Gasteiger partial charge in [0.25, 0.3) is 0 Å². The van der Waals surface area contributed by atoms with E-state index in [1.165, 1.54) is 5.56 Å². The van der Waals surface area contributed by atoms with E-state index < -0.39 is 0 Å². The van der Waals surface area contributed by atoms with E-state index in [1.54, 1.807) is 0 Å². The number of nitrogens with two attached hydrogens (primary N) is 2. The molecule has 0 spiro atoms. The maximum atomic E-state index is 6.45. The van der Waals surface area contributed by atoms with Crippen molar-refractivity contribution in [3.05, 3.63) is 27.8 Å². The fourth-order valence-electron chi connectivity index (χ4n) is 2.97. The molecule has 0 radical (unpaired) electrons. The fourth-order valence-corrected chi connectivity index (χ4v) is 3.13. The van der Waals surface area contributed by atoms with Crippen LogP contribution >= 0.6 is 11.6 Å². The molecule has 0 saturated carbocycles. The number of hydrogen-bond acceptors (Lipinski definition) is 3. The molecule has 0 aliphatic heterocycles. The number of hydrogen-bond donors (Lipinski definition) is 2. The predicted octanol–water partition coefficient (Wildman–Crippen LogP) is 3.63. The molecular formula is C17H29ClN2O. The third kappa shape index (κ3) is 3.91. The Labute approximate surface area is 134 Å². The minimum Gasteiger partial charge on any atom is -0.494 e. The molecule has 0 aromatic heterocycles. The third-order valence-corrected chi connectivity index (χ3v) is 5.17. The Morgan fingerprint density at radius 2 is 1.76 bits per heavy atom. The Hall–Kier alpha value is -0.770. The smallest absolute Gasteiger partial charge is 0.123 e. The standard InChI is InChI=1S/C17H29ClN2O/c1-6-21-15-7-10(2)17(18)13(5)16(15)12(4)11(3)14(8-19)9-20/h7,11-12,14H,6,8-9,19-20H2,1-5H3. The second-order valence-corrected chi connectivity index (χ2v) is 6.23. The lowest BCUT2D eigenvalue weighted by Gasteiger charge is -2.30. The Bertz CT molecular complexity index is 472. The first-order chi connectivity index (χ1) is 9.88. The van der Waals surface area contributed by atoms with Gasteiger partial charge in [-0.05, 0) is 68.8 Å². The molecular weight excluding hydrogens is 284 g/mol. The number of rotatable bonds is 7. The van der Waals surface area contributed by atoms with E-state index in [2.05, 4.69) is 20.8 Å². The van der Waals surface area contributed by atoms with Crippen LogP contribution in [0, 0.1) is 25.7 Å². The fraction of sp³-hybridized carbons (Fsp3) is 0.647. The van der Waals surface area contributed by atoms with Gasteiger partial charge in [-0.2, -0.15) is 0 Å². The van der Waals surface area contributed by atoms with E-state index in [0.29, 0.717) is 37.5 Å². The van der Waals surface area contributed by atoms with Gasteiger partial charge in [0.15, 0.2) is 0 Å². The quantitative estimate of drug-likeness (QED) is 0.808. The Morgan fingerprint density at radius 1 is 1.19 bits per heavy atom. The zero-order valence-electron chi connectivity index (χ0n) is 13.9. The molecule has 0 aliphatic rings. The third-order valence-electron chi connectivity index (χ3n) is 4.59. The van der Waals surface area contributed by atoms with Gasteiger partial charge < -0.3 is 16.2 Å². The van der Waals surface area contributed by atoms with Gasteiger partial charge in [0.2, 0.25) is 0 Å². The highest BCUT2D eigenvalue weighted by Crippen LogP contribution is 2.41. The SMILES string of the molecule is CCOc1cc(C)c(Cl)c(C)c1C(C)C(C)C(CN)CN. The number of halogens is 1. The molecule has 2 atom stereocenters. The van der Waals surface area contributed by atoms with Crippen molar-refractivity contribution >= 4 is 11.6 Å². The summed E-state index contributed by atoms with van der Waals surface area (Å²) < 4.78 is 5.85. The molecule has 0 bridgehead atoms. The molecule has 0 saturated heterocycles. The first kappa shape index (κ1) is 18.3. The highest BCUT2D eigenvalue weighted by Gasteiger charge is 2.27. The highest BCUT2D eigenvalue weighted by molar-refractivity contribution is 6.32. The summed E-state index contributed by atoms with van der Waals surface area (Å²) in [5.41, 5.74) is 15.0. The van der Waals surface area contributed by atoms with E-state index >= 15 is 0 Å².